The zero-order valence-corrected chi connectivity index (χ0v) is 14.0. The molecule has 0 aromatic heterocycles. The van der Waals surface area contributed by atoms with Crippen LogP contribution in [-0.2, 0) is 5.41 Å². The molecular formula is C22H24O2. The lowest BCUT2D eigenvalue weighted by Gasteiger charge is -2.56. The largest absolute Gasteiger partial charge is 0.396 e. The monoisotopic (exact) mass is 320 g/mol. The molecule has 2 bridgehead atoms. The van der Waals surface area contributed by atoms with E-state index in [2.05, 4.69) is 48.5 Å². The summed E-state index contributed by atoms with van der Waals surface area (Å²) >= 11 is 0. The molecule has 2 unspecified atom stereocenters. The summed E-state index contributed by atoms with van der Waals surface area (Å²) in [4.78, 5) is 0. The Hall–Kier alpha value is -1.64. The first-order valence-corrected chi connectivity index (χ1v) is 9.16. The van der Waals surface area contributed by atoms with Crippen molar-refractivity contribution in [2.24, 2.45) is 10.8 Å². The average Bonchev–Trinajstić information content (AvgIpc) is 3.01. The minimum absolute atomic E-state index is 0.142. The van der Waals surface area contributed by atoms with E-state index in [0.29, 0.717) is 0 Å². The first-order valence-electron chi connectivity index (χ1n) is 9.16. The number of rotatable bonds is 2. The summed E-state index contributed by atoms with van der Waals surface area (Å²) < 4.78 is 0. The maximum Gasteiger partial charge on any atom is 0.0499 e. The van der Waals surface area contributed by atoms with E-state index in [1.54, 1.807) is 0 Å². The maximum absolute atomic E-state index is 10.6. The predicted octanol–water partition coefficient (Wildman–Crippen LogP) is 3.89. The summed E-state index contributed by atoms with van der Waals surface area (Å²) in [6.45, 7) is 0.412. The summed E-state index contributed by atoms with van der Waals surface area (Å²) in [5.74, 6) is 0. The molecule has 2 saturated carbocycles. The van der Waals surface area contributed by atoms with E-state index in [0.717, 1.165) is 32.1 Å². The van der Waals surface area contributed by atoms with Crippen LogP contribution in [-0.4, -0.2) is 23.4 Å². The van der Waals surface area contributed by atoms with Gasteiger partial charge in [-0.3, -0.25) is 0 Å². The molecule has 24 heavy (non-hydrogen) atoms. The lowest BCUT2D eigenvalue weighted by atomic mass is 9.47. The topological polar surface area (TPSA) is 40.5 Å². The van der Waals surface area contributed by atoms with Gasteiger partial charge in [-0.25, -0.2) is 0 Å². The van der Waals surface area contributed by atoms with Crippen LogP contribution in [0.4, 0.5) is 0 Å². The van der Waals surface area contributed by atoms with Gasteiger partial charge in [0.25, 0.3) is 0 Å². The van der Waals surface area contributed by atoms with E-state index in [4.69, 9.17) is 0 Å². The predicted molar refractivity (Wildman–Crippen MR) is 94.8 cm³/mol. The second kappa shape index (κ2) is 4.71. The van der Waals surface area contributed by atoms with Crippen molar-refractivity contribution in [2.45, 2.75) is 37.5 Å². The number of fused-ring (bicyclic) bond motifs is 3. The highest BCUT2D eigenvalue weighted by Crippen LogP contribution is 2.75. The zero-order chi connectivity index (χ0) is 16.4. The van der Waals surface area contributed by atoms with Crippen LogP contribution < -0.4 is 0 Å². The zero-order valence-electron chi connectivity index (χ0n) is 14.0. The van der Waals surface area contributed by atoms with Gasteiger partial charge in [0.05, 0.1) is 0 Å². The molecule has 2 aromatic rings. The Bertz CT molecular complexity index is 744. The quantitative estimate of drug-likeness (QED) is 0.881. The molecule has 1 spiro atoms. The van der Waals surface area contributed by atoms with E-state index in [1.807, 2.05) is 0 Å². The number of benzene rings is 2. The second-order valence-electron chi connectivity index (χ2n) is 8.07. The summed E-state index contributed by atoms with van der Waals surface area (Å²) in [5, 5.41) is 21.1. The molecule has 2 N–H and O–H groups in total. The van der Waals surface area contributed by atoms with Crippen LogP contribution in [0.3, 0.4) is 0 Å². The van der Waals surface area contributed by atoms with E-state index >= 15 is 0 Å². The smallest absolute Gasteiger partial charge is 0.0499 e. The van der Waals surface area contributed by atoms with Crippen molar-refractivity contribution in [3.8, 4) is 11.1 Å². The fraction of sp³-hybridized carbons (Fsp3) is 0.455. The van der Waals surface area contributed by atoms with Crippen LogP contribution in [0.5, 0.6) is 0 Å². The fourth-order valence-corrected chi connectivity index (χ4v) is 6.74. The van der Waals surface area contributed by atoms with Crippen molar-refractivity contribution in [2.75, 3.05) is 13.2 Å². The van der Waals surface area contributed by atoms with Crippen molar-refractivity contribution >= 4 is 0 Å². The molecule has 3 aliphatic rings. The Morgan fingerprint density at radius 2 is 1.12 bits per heavy atom. The standard InChI is InChI=1S/C22H24O2/c23-14-20-10-5-11-21(15-24,13-12-20)22(20)18-8-3-1-6-16(18)17-7-2-4-9-19(17)22/h1-4,6-9,23-24H,5,10-15H2. The van der Waals surface area contributed by atoms with E-state index in [9.17, 15) is 10.2 Å². The average molecular weight is 320 g/mol. The molecule has 2 nitrogen and oxygen atoms in total. The van der Waals surface area contributed by atoms with Crippen molar-refractivity contribution in [1.82, 2.24) is 0 Å². The van der Waals surface area contributed by atoms with Crippen molar-refractivity contribution in [1.29, 1.82) is 0 Å². The van der Waals surface area contributed by atoms with Crippen molar-refractivity contribution in [3.63, 3.8) is 0 Å². The van der Waals surface area contributed by atoms with Gasteiger partial charge in [0.15, 0.2) is 0 Å². The molecule has 5 rings (SSSR count). The first kappa shape index (κ1) is 14.7. The third kappa shape index (κ3) is 1.34. The van der Waals surface area contributed by atoms with Crippen molar-refractivity contribution in [3.05, 3.63) is 59.7 Å². The molecule has 0 radical (unpaired) electrons. The first-order chi connectivity index (χ1) is 11.7. The SMILES string of the molecule is OCC12CCCC(CO)(CC1)C21c2ccccc2-c2ccccc21. The molecule has 0 amide bonds. The van der Waals surface area contributed by atoms with Crippen LogP contribution in [0.25, 0.3) is 11.1 Å². The molecular weight excluding hydrogens is 296 g/mol. The highest BCUT2D eigenvalue weighted by atomic mass is 16.3. The summed E-state index contributed by atoms with van der Waals surface area (Å²) in [6.07, 6.45) is 5.22. The Balaban J connectivity index is 1.95. The Morgan fingerprint density at radius 1 is 0.667 bits per heavy atom. The van der Waals surface area contributed by atoms with Gasteiger partial charge in [-0.05, 0) is 47.9 Å². The summed E-state index contributed by atoms with van der Waals surface area (Å²) in [6, 6.07) is 17.4. The molecule has 2 atom stereocenters. The molecule has 2 fully saturated rings. The normalized spacial score (nSPS) is 31.9. The highest BCUT2D eigenvalue weighted by Gasteiger charge is 2.72. The van der Waals surface area contributed by atoms with Crippen LogP contribution in [0.2, 0.25) is 0 Å². The van der Waals surface area contributed by atoms with Gasteiger partial charge >= 0.3 is 0 Å². The fourth-order valence-electron chi connectivity index (χ4n) is 6.74. The van der Waals surface area contributed by atoms with Crippen LogP contribution >= 0.6 is 0 Å². The van der Waals surface area contributed by atoms with Gasteiger partial charge in [0.1, 0.15) is 0 Å². The molecule has 124 valence electrons. The van der Waals surface area contributed by atoms with E-state index < -0.39 is 0 Å². The Morgan fingerprint density at radius 3 is 1.58 bits per heavy atom. The molecule has 0 aliphatic heterocycles. The lowest BCUT2D eigenvalue weighted by Crippen LogP contribution is -2.56. The van der Waals surface area contributed by atoms with Gasteiger partial charge in [-0.1, -0.05) is 55.0 Å². The second-order valence-corrected chi connectivity index (χ2v) is 8.07. The molecule has 3 aliphatic carbocycles. The van der Waals surface area contributed by atoms with Crippen LogP contribution in [0.15, 0.2) is 48.5 Å². The molecule has 2 aromatic carbocycles. The lowest BCUT2D eigenvalue weighted by molar-refractivity contribution is -0.0369. The van der Waals surface area contributed by atoms with Gasteiger partial charge in [0.2, 0.25) is 0 Å². The maximum atomic E-state index is 10.6. The Kier molecular flexibility index (Phi) is 2.88. The van der Waals surface area contributed by atoms with Gasteiger partial charge in [0, 0.05) is 29.5 Å². The minimum atomic E-state index is -0.241. The van der Waals surface area contributed by atoms with E-state index in [-0.39, 0.29) is 29.5 Å². The van der Waals surface area contributed by atoms with Gasteiger partial charge in [-0.15, -0.1) is 0 Å². The third-order valence-electron chi connectivity index (χ3n) is 7.54. The van der Waals surface area contributed by atoms with Crippen LogP contribution in [0.1, 0.15) is 43.2 Å². The molecule has 2 heteroatoms. The number of aliphatic hydroxyl groups excluding tert-OH is 2. The number of hydrogen-bond acceptors (Lipinski definition) is 2. The highest BCUT2D eigenvalue weighted by molar-refractivity contribution is 5.83. The third-order valence-corrected chi connectivity index (χ3v) is 7.54. The minimum Gasteiger partial charge on any atom is -0.396 e. The Labute approximate surface area is 143 Å². The van der Waals surface area contributed by atoms with Crippen molar-refractivity contribution < 1.29 is 10.2 Å². The summed E-state index contributed by atoms with van der Waals surface area (Å²) in [5.41, 5.74) is 4.75. The number of hydrogen-bond donors (Lipinski definition) is 2. The van der Waals surface area contributed by atoms with E-state index in [1.165, 1.54) is 22.3 Å². The number of aliphatic hydroxyl groups is 2. The summed E-state index contributed by atoms with van der Waals surface area (Å²) in [7, 11) is 0. The van der Waals surface area contributed by atoms with Crippen LogP contribution in [0, 0.1) is 10.8 Å². The van der Waals surface area contributed by atoms with Gasteiger partial charge < -0.3 is 10.2 Å². The van der Waals surface area contributed by atoms with Gasteiger partial charge in [-0.2, -0.15) is 0 Å². The molecule has 0 heterocycles. The molecule has 0 saturated heterocycles.